The van der Waals surface area contributed by atoms with Gasteiger partial charge in [0.25, 0.3) is 26.0 Å². The molecule has 0 saturated carbocycles. The summed E-state index contributed by atoms with van der Waals surface area (Å²) in [4.78, 5) is 11.4. The molecule has 0 aromatic heterocycles. The third kappa shape index (κ3) is 6.23. The van der Waals surface area contributed by atoms with Crippen LogP contribution in [0.1, 0.15) is 15.9 Å². The normalized spacial score (nSPS) is 11.7. The number of hydrogen-bond acceptors (Lipinski definition) is 6. The maximum Gasteiger partial charge on any atom is 0.276 e. The Morgan fingerprint density at radius 2 is 1.57 bits per heavy atom. The maximum absolute atomic E-state index is 13.7. The van der Waals surface area contributed by atoms with Crippen LogP contribution in [0.2, 0.25) is 10.0 Å². The Balaban J connectivity index is 2.03. The Labute approximate surface area is 218 Å². The Kier molecular flexibility index (Phi) is 7.99. The fraction of sp³-hybridized carbons (Fsp3) is 0.0500. The van der Waals surface area contributed by atoms with Gasteiger partial charge < -0.3 is 0 Å². The number of anilines is 2. The molecule has 0 aliphatic rings. The predicted octanol–water partition coefficient (Wildman–Crippen LogP) is 4.92. The standard InChI is InChI=1S/C20H15BrCl2FN3O6S2/c1-10-4-17(24)16(21)9-18(10)27-35(32,33)19-3-2-13(8-15(19)20(28)25-29)26-34(30,31)14-6-11(22)5-12(23)7-14/h2-9,26-27,29H,1H3,(H,25,28). The first-order valence-electron chi connectivity index (χ1n) is 9.29. The minimum atomic E-state index is -4.45. The van der Waals surface area contributed by atoms with Gasteiger partial charge in [0.1, 0.15) is 10.7 Å². The molecule has 186 valence electrons. The van der Waals surface area contributed by atoms with Crippen molar-refractivity contribution in [1.29, 1.82) is 0 Å². The highest BCUT2D eigenvalue weighted by Crippen LogP contribution is 2.29. The molecule has 0 atom stereocenters. The van der Waals surface area contributed by atoms with E-state index in [1.807, 2.05) is 0 Å². The molecule has 4 N–H and O–H groups in total. The van der Waals surface area contributed by atoms with Gasteiger partial charge in [-0.2, -0.15) is 0 Å². The van der Waals surface area contributed by atoms with Crippen molar-refractivity contribution in [3.8, 4) is 0 Å². The van der Waals surface area contributed by atoms with Crippen LogP contribution >= 0.6 is 39.1 Å². The van der Waals surface area contributed by atoms with E-state index in [4.69, 9.17) is 28.4 Å². The van der Waals surface area contributed by atoms with Gasteiger partial charge in [-0.1, -0.05) is 23.2 Å². The molecular weight excluding hydrogens is 612 g/mol. The molecule has 35 heavy (non-hydrogen) atoms. The average molecular weight is 627 g/mol. The highest BCUT2D eigenvalue weighted by atomic mass is 79.9. The molecule has 3 aromatic rings. The lowest BCUT2D eigenvalue weighted by Crippen LogP contribution is -2.24. The zero-order chi connectivity index (χ0) is 26.1. The first-order valence-corrected chi connectivity index (χ1v) is 13.8. The van der Waals surface area contributed by atoms with E-state index >= 15 is 0 Å². The van der Waals surface area contributed by atoms with Crippen LogP contribution in [0.15, 0.2) is 62.8 Å². The monoisotopic (exact) mass is 625 g/mol. The number of hydroxylamine groups is 1. The second-order valence-corrected chi connectivity index (χ2v) is 12.1. The number of hydrogen-bond donors (Lipinski definition) is 4. The van der Waals surface area contributed by atoms with E-state index in [1.165, 1.54) is 24.5 Å². The van der Waals surface area contributed by atoms with Crippen molar-refractivity contribution in [3.05, 3.63) is 80.0 Å². The van der Waals surface area contributed by atoms with E-state index in [1.54, 1.807) is 0 Å². The maximum atomic E-state index is 13.7. The highest BCUT2D eigenvalue weighted by Gasteiger charge is 2.25. The van der Waals surface area contributed by atoms with Gasteiger partial charge in [0, 0.05) is 15.7 Å². The van der Waals surface area contributed by atoms with Crippen LogP contribution in [0.25, 0.3) is 0 Å². The van der Waals surface area contributed by atoms with E-state index in [0.717, 1.165) is 36.4 Å². The van der Waals surface area contributed by atoms with Crippen LogP contribution in [0.4, 0.5) is 15.8 Å². The fourth-order valence-electron chi connectivity index (χ4n) is 2.92. The second kappa shape index (κ2) is 10.3. The van der Waals surface area contributed by atoms with Gasteiger partial charge in [-0.25, -0.2) is 26.7 Å². The zero-order valence-corrected chi connectivity index (χ0v) is 22.2. The van der Waals surface area contributed by atoms with Crippen LogP contribution in [-0.4, -0.2) is 28.0 Å². The van der Waals surface area contributed by atoms with Crippen LogP contribution in [0.5, 0.6) is 0 Å². The van der Waals surface area contributed by atoms with Gasteiger partial charge in [0.15, 0.2) is 0 Å². The number of carbonyl (C=O) groups excluding carboxylic acids is 1. The zero-order valence-electron chi connectivity index (χ0n) is 17.4. The van der Waals surface area contributed by atoms with Crippen molar-refractivity contribution in [2.75, 3.05) is 9.44 Å². The molecule has 0 spiro atoms. The summed E-state index contributed by atoms with van der Waals surface area (Å²) in [6.45, 7) is 1.47. The van der Waals surface area contributed by atoms with Crippen molar-refractivity contribution in [2.24, 2.45) is 0 Å². The predicted molar refractivity (Wildman–Crippen MR) is 133 cm³/mol. The van der Waals surface area contributed by atoms with Gasteiger partial charge in [0.05, 0.1) is 20.6 Å². The van der Waals surface area contributed by atoms with Gasteiger partial charge in [0.2, 0.25) is 0 Å². The smallest absolute Gasteiger partial charge is 0.276 e. The number of benzene rings is 3. The van der Waals surface area contributed by atoms with E-state index in [-0.39, 0.29) is 36.4 Å². The molecular formula is C20H15BrCl2FN3O6S2. The first-order chi connectivity index (χ1) is 16.2. The fourth-order valence-corrected chi connectivity index (χ4v) is 6.35. The number of carbonyl (C=O) groups is 1. The van der Waals surface area contributed by atoms with Gasteiger partial charge in [-0.3, -0.25) is 19.4 Å². The lowest BCUT2D eigenvalue weighted by molar-refractivity contribution is 0.0702. The Hall–Kier alpha value is -2.42. The molecule has 3 aromatic carbocycles. The number of halogens is 4. The van der Waals surface area contributed by atoms with Crippen molar-refractivity contribution < 1.29 is 31.2 Å². The number of sulfonamides is 2. The van der Waals surface area contributed by atoms with E-state index in [0.29, 0.717) is 0 Å². The minimum Gasteiger partial charge on any atom is -0.288 e. The third-order valence-electron chi connectivity index (χ3n) is 4.53. The Morgan fingerprint density at radius 3 is 2.17 bits per heavy atom. The Bertz CT molecular complexity index is 1530. The van der Waals surface area contributed by atoms with Crippen molar-refractivity contribution in [2.45, 2.75) is 16.7 Å². The summed E-state index contributed by atoms with van der Waals surface area (Å²) in [5, 5.41) is 9.24. The van der Waals surface area contributed by atoms with E-state index in [2.05, 4.69) is 25.4 Å². The summed E-state index contributed by atoms with van der Waals surface area (Å²) >= 11 is 14.7. The summed E-state index contributed by atoms with van der Waals surface area (Å²) in [7, 11) is -8.69. The van der Waals surface area contributed by atoms with Crippen molar-refractivity contribution >= 4 is 76.5 Å². The Morgan fingerprint density at radius 1 is 0.943 bits per heavy atom. The molecule has 15 heteroatoms. The molecule has 0 fully saturated rings. The molecule has 1 amide bonds. The molecule has 0 saturated heterocycles. The highest BCUT2D eigenvalue weighted by molar-refractivity contribution is 9.10. The van der Waals surface area contributed by atoms with Crippen LogP contribution in [0, 0.1) is 12.7 Å². The first kappa shape index (κ1) is 27.2. The molecule has 0 unspecified atom stereocenters. The summed E-state index contributed by atoms with van der Waals surface area (Å²) in [5.74, 6) is -1.84. The molecule has 0 aliphatic carbocycles. The third-order valence-corrected chi connectivity index (χ3v) is 8.35. The summed E-state index contributed by atoms with van der Waals surface area (Å²) in [6.07, 6.45) is 0. The molecule has 0 aliphatic heterocycles. The van der Waals surface area contributed by atoms with Crippen LogP contribution < -0.4 is 14.9 Å². The quantitative estimate of drug-likeness (QED) is 0.217. The van der Waals surface area contributed by atoms with Crippen molar-refractivity contribution in [3.63, 3.8) is 0 Å². The van der Waals surface area contributed by atoms with Gasteiger partial charge in [-0.05, 0) is 76.9 Å². The lowest BCUT2D eigenvalue weighted by Gasteiger charge is -2.15. The van der Waals surface area contributed by atoms with E-state index < -0.39 is 42.2 Å². The van der Waals surface area contributed by atoms with Crippen LogP contribution in [0.3, 0.4) is 0 Å². The minimum absolute atomic E-state index is 0.00000182. The lowest BCUT2D eigenvalue weighted by atomic mass is 10.2. The van der Waals surface area contributed by atoms with Crippen molar-refractivity contribution in [1.82, 2.24) is 5.48 Å². The average Bonchev–Trinajstić information content (AvgIpc) is 2.75. The van der Waals surface area contributed by atoms with Gasteiger partial charge >= 0.3 is 0 Å². The molecule has 0 radical (unpaired) electrons. The molecule has 0 heterocycles. The topological polar surface area (TPSA) is 142 Å². The van der Waals surface area contributed by atoms with E-state index in [9.17, 15) is 26.0 Å². The van der Waals surface area contributed by atoms with Crippen LogP contribution in [-0.2, 0) is 20.0 Å². The summed E-state index contributed by atoms with van der Waals surface area (Å²) < 4.78 is 69.7. The molecule has 9 nitrogen and oxygen atoms in total. The summed E-state index contributed by atoms with van der Waals surface area (Å²) in [6, 6.07) is 8.89. The second-order valence-electron chi connectivity index (χ2n) is 7.05. The number of nitrogens with one attached hydrogen (secondary N) is 3. The molecule has 0 bridgehead atoms. The summed E-state index contributed by atoms with van der Waals surface area (Å²) in [5.41, 5.74) is 0.827. The SMILES string of the molecule is Cc1cc(F)c(Br)cc1NS(=O)(=O)c1ccc(NS(=O)(=O)c2cc(Cl)cc(Cl)c2)cc1C(=O)NO. The largest absolute Gasteiger partial charge is 0.288 e. The number of amides is 1. The van der Waals surface area contributed by atoms with Gasteiger partial charge in [-0.15, -0.1) is 0 Å². The molecule has 3 rings (SSSR count). The number of aryl methyl sites for hydroxylation is 1. The number of rotatable bonds is 7.